The van der Waals surface area contributed by atoms with Gasteiger partial charge in [0.1, 0.15) is 0 Å². The fourth-order valence-electron chi connectivity index (χ4n) is 0.889. The topological polar surface area (TPSA) is 29.3 Å². The van der Waals surface area contributed by atoms with Crippen LogP contribution in [0.2, 0.25) is 0 Å². The lowest BCUT2D eigenvalue weighted by molar-refractivity contribution is 0.196. The molecule has 2 N–H and O–H groups in total. The number of rotatable bonds is 4. The van der Waals surface area contributed by atoms with Gasteiger partial charge in [-0.1, -0.05) is 6.92 Å². The molecule has 0 aliphatic carbocycles. The molecule has 0 aliphatic heterocycles. The van der Waals surface area contributed by atoms with Gasteiger partial charge in [-0.25, -0.2) is 0 Å². The second-order valence-electron chi connectivity index (χ2n) is 3.01. The van der Waals surface area contributed by atoms with Crippen molar-refractivity contribution in [3.8, 4) is 0 Å². The van der Waals surface area contributed by atoms with Crippen molar-refractivity contribution in [1.29, 1.82) is 0 Å². The van der Waals surface area contributed by atoms with Crippen LogP contribution in [0.5, 0.6) is 0 Å². The maximum Gasteiger partial charge on any atom is 0.0189 e. The fraction of sp³-hybridized carbons (Fsp3) is 1.00. The Bertz CT molecular complexity index is 73.3. The Labute approximate surface area is 64.4 Å². The van der Waals surface area contributed by atoms with Gasteiger partial charge in [0.25, 0.3) is 0 Å². The smallest absolute Gasteiger partial charge is 0.0189 e. The SMILES string of the molecule is CCC(C)N(C)C(C)CN. The van der Waals surface area contributed by atoms with Crippen LogP contribution in [0.4, 0.5) is 0 Å². The van der Waals surface area contributed by atoms with Crippen LogP contribution in [-0.4, -0.2) is 30.6 Å². The van der Waals surface area contributed by atoms with Crippen molar-refractivity contribution in [2.24, 2.45) is 5.73 Å². The zero-order valence-electron chi connectivity index (χ0n) is 7.59. The second-order valence-corrected chi connectivity index (χ2v) is 3.01. The van der Waals surface area contributed by atoms with Crippen LogP contribution in [-0.2, 0) is 0 Å². The van der Waals surface area contributed by atoms with Crippen molar-refractivity contribution in [3.05, 3.63) is 0 Å². The molecular weight excluding hydrogens is 124 g/mol. The van der Waals surface area contributed by atoms with E-state index in [1.54, 1.807) is 0 Å². The molecule has 0 saturated heterocycles. The average Bonchev–Trinajstić information content (AvgIpc) is 2.00. The third-order valence-corrected chi connectivity index (χ3v) is 2.32. The van der Waals surface area contributed by atoms with Gasteiger partial charge in [0.15, 0.2) is 0 Å². The molecule has 2 heteroatoms. The molecule has 0 fully saturated rings. The molecule has 0 saturated carbocycles. The first-order valence-electron chi connectivity index (χ1n) is 4.05. The molecule has 10 heavy (non-hydrogen) atoms. The summed E-state index contributed by atoms with van der Waals surface area (Å²) in [5, 5.41) is 0. The number of likely N-dealkylation sites (N-methyl/N-ethyl adjacent to an activating group) is 1. The largest absolute Gasteiger partial charge is 0.329 e. The Morgan fingerprint density at radius 3 is 2.10 bits per heavy atom. The molecule has 0 aromatic heterocycles. The van der Waals surface area contributed by atoms with E-state index in [0.717, 1.165) is 6.54 Å². The highest BCUT2D eigenvalue weighted by Gasteiger charge is 2.11. The van der Waals surface area contributed by atoms with Gasteiger partial charge in [-0.3, -0.25) is 4.90 Å². The van der Waals surface area contributed by atoms with E-state index in [1.807, 2.05) is 0 Å². The predicted molar refractivity (Wildman–Crippen MR) is 46.0 cm³/mol. The van der Waals surface area contributed by atoms with Crippen molar-refractivity contribution in [2.75, 3.05) is 13.6 Å². The van der Waals surface area contributed by atoms with E-state index in [2.05, 4.69) is 32.7 Å². The quantitative estimate of drug-likeness (QED) is 0.639. The molecule has 0 bridgehead atoms. The number of hydrogen-bond donors (Lipinski definition) is 1. The van der Waals surface area contributed by atoms with Crippen molar-refractivity contribution >= 4 is 0 Å². The zero-order valence-corrected chi connectivity index (χ0v) is 7.59. The summed E-state index contributed by atoms with van der Waals surface area (Å²) in [4.78, 5) is 2.32. The number of nitrogens with zero attached hydrogens (tertiary/aromatic N) is 1. The molecule has 0 amide bonds. The Hall–Kier alpha value is -0.0800. The van der Waals surface area contributed by atoms with Crippen LogP contribution in [0.1, 0.15) is 27.2 Å². The van der Waals surface area contributed by atoms with E-state index in [4.69, 9.17) is 5.73 Å². The van der Waals surface area contributed by atoms with Gasteiger partial charge in [-0.05, 0) is 27.3 Å². The van der Waals surface area contributed by atoms with E-state index in [1.165, 1.54) is 6.42 Å². The fourth-order valence-corrected chi connectivity index (χ4v) is 0.889. The lowest BCUT2D eigenvalue weighted by Crippen LogP contribution is -2.40. The van der Waals surface area contributed by atoms with Crippen molar-refractivity contribution in [1.82, 2.24) is 4.90 Å². The summed E-state index contributed by atoms with van der Waals surface area (Å²) in [7, 11) is 2.13. The molecule has 2 atom stereocenters. The Kier molecular flexibility index (Phi) is 4.65. The maximum atomic E-state index is 5.52. The van der Waals surface area contributed by atoms with Gasteiger partial charge in [0, 0.05) is 18.6 Å². The van der Waals surface area contributed by atoms with Gasteiger partial charge >= 0.3 is 0 Å². The van der Waals surface area contributed by atoms with Crippen LogP contribution >= 0.6 is 0 Å². The third kappa shape index (κ3) is 2.67. The Morgan fingerprint density at radius 1 is 1.30 bits per heavy atom. The summed E-state index contributed by atoms with van der Waals surface area (Å²) >= 11 is 0. The third-order valence-electron chi connectivity index (χ3n) is 2.32. The Balaban J connectivity index is 3.69. The predicted octanol–water partition coefficient (Wildman–Crippen LogP) is 1.06. The Morgan fingerprint density at radius 2 is 1.80 bits per heavy atom. The summed E-state index contributed by atoms with van der Waals surface area (Å²) in [5.74, 6) is 0. The molecule has 62 valence electrons. The lowest BCUT2D eigenvalue weighted by atomic mass is 10.2. The normalized spacial score (nSPS) is 17.4. The van der Waals surface area contributed by atoms with Gasteiger partial charge < -0.3 is 5.73 Å². The van der Waals surface area contributed by atoms with Crippen molar-refractivity contribution in [3.63, 3.8) is 0 Å². The second kappa shape index (κ2) is 4.69. The summed E-state index contributed by atoms with van der Waals surface area (Å²) < 4.78 is 0. The summed E-state index contributed by atoms with van der Waals surface area (Å²) in [6, 6.07) is 1.16. The maximum absolute atomic E-state index is 5.52. The van der Waals surface area contributed by atoms with Crippen LogP contribution < -0.4 is 5.73 Å². The highest BCUT2D eigenvalue weighted by Crippen LogP contribution is 2.03. The van der Waals surface area contributed by atoms with E-state index in [-0.39, 0.29) is 0 Å². The first-order valence-corrected chi connectivity index (χ1v) is 4.05. The number of nitrogens with two attached hydrogens (primary N) is 1. The van der Waals surface area contributed by atoms with Crippen LogP contribution in [0.3, 0.4) is 0 Å². The van der Waals surface area contributed by atoms with E-state index in [0.29, 0.717) is 12.1 Å². The molecule has 2 unspecified atom stereocenters. The van der Waals surface area contributed by atoms with Crippen LogP contribution in [0.15, 0.2) is 0 Å². The van der Waals surface area contributed by atoms with E-state index >= 15 is 0 Å². The van der Waals surface area contributed by atoms with Crippen molar-refractivity contribution in [2.45, 2.75) is 39.3 Å². The first kappa shape index (κ1) is 9.92. The highest BCUT2D eigenvalue weighted by molar-refractivity contribution is 4.68. The molecule has 0 aliphatic rings. The van der Waals surface area contributed by atoms with Crippen LogP contribution in [0.25, 0.3) is 0 Å². The van der Waals surface area contributed by atoms with E-state index < -0.39 is 0 Å². The van der Waals surface area contributed by atoms with Gasteiger partial charge in [-0.2, -0.15) is 0 Å². The first-order chi connectivity index (χ1) is 4.63. The molecule has 0 spiro atoms. The molecule has 0 aromatic rings. The van der Waals surface area contributed by atoms with Gasteiger partial charge in [0.2, 0.25) is 0 Å². The minimum absolute atomic E-state index is 0.509. The average molecular weight is 144 g/mol. The monoisotopic (exact) mass is 144 g/mol. The van der Waals surface area contributed by atoms with Gasteiger partial charge in [0.05, 0.1) is 0 Å². The minimum Gasteiger partial charge on any atom is -0.329 e. The zero-order chi connectivity index (χ0) is 8.15. The summed E-state index contributed by atoms with van der Waals surface area (Å²) in [6.45, 7) is 7.34. The highest BCUT2D eigenvalue weighted by atomic mass is 15.2. The van der Waals surface area contributed by atoms with Gasteiger partial charge in [-0.15, -0.1) is 0 Å². The molecule has 0 rings (SSSR count). The summed E-state index contributed by atoms with van der Waals surface area (Å²) in [5.41, 5.74) is 5.52. The van der Waals surface area contributed by atoms with E-state index in [9.17, 15) is 0 Å². The summed E-state index contributed by atoms with van der Waals surface area (Å²) in [6.07, 6.45) is 1.20. The lowest BCUT2D eigenvalue weighted by Gasteiger charge is -2.29. The minimum atomic E-state index is 0.509. The molecule has 2 nitrogen and oxygen atoms in total. The van der Waals surface area contributed by atoms with Crippen LogP contribution in [0, 0.1) is 0 Å². The molecule has 0 radical (unpaired) electrons. The number of hydrogen-bond acceptors (Lipinski definition) is 2. The van der Waals surface area contributed by atoms with Crippen molar-refractivity contribution < 1.29 is 0 Å². The molecule has 0 aromatic carbocycles. The molecule has 0 heterocycles. The standard InChI is InChI=1S/C8H20N2/c1-5-7(2)10(4)8(3)6-9/h7-8H,5-6,9H2,1-4H3. The molecular formula is C8H20N2.